The summed E-state index contributed by atoms with van der Waals surface area (Å²) in [5.74, 6) is 0. The Labute approximate surface area is 101 Å². The molecule has 0 fully saturated rings. The highest BCUT2D eigenvalue weighted by molar-refractivity contribution is 8.12. The molecule has 0 unspecified atom stereocenters. The van der Waals surface area contributed by atoms with Gasteiger partial charge in [-0.15, -0.1) is 0 Å². The Bertz CT molecular complexity index is 615. The van der Waals surface area contributed by atoms with E-state index in [0.717, 1.165) is 11.4 Å². The highest BCUT2D eigenvalue weighted by Gasteiger charge is 2.17. The van der Waals surface area contributed by atoms with Gasteiger partial charge in [-0.05, 0) is 24.3 Å². The summed E-state index contributed by atoms with van der Waals surface area (Å²) in [7, 11) is 0. The van der Waals surface area contributed by atoms with Crippen LogP contribution in [0, 0.1) is 0 Å². The van der Waals surface area contributed by atoms with E-state index in [2.05, 4.69) is 34.3 Å². The Morgan fingerprint density at radius 1 is 0.688 bits per heavy atom. The summed E-state index contributed by atoms with van der Waals surface area (Å²) < 4.78 is 0. The number of aliphatic imine (C=N–C) groups is 2. The number of nitrogens with zero attached hydrogens (tertiary/aromatic N) is 2. The smallest absolute Gasteiger partial charge is 0.0727 e. The zero-order valence-electron chi connectivity index (χ0n) is 8.18. The van der Waals surface area contributed by atoms with Crippen molar-refractivity contribution in [3.05, 3.63) is 24.3 Å². The maximum absolute atomic E-state index is 4.43. The van der Waals surface area contributed by atoms with E-state index in [0.29, 0.717) is 0 Å². The van der Waals surface area contributed by atoms with Crippen LogP contribution in [0.2, 0.25) is 0 Å². The van der Waals surface area contributed by atoms with Crippen LogP contribution in [0.15, 0.2) is 44.0 Å². The molecular weight excluding hydrogens is 236 g/mol. The van der Waals surface area contributed by atoms with E-state index >= 15 is 0 Å². The monoisotopic (exact) mass is 242 g/mol. The second-order valence-corrected chi connectivity index (χ2v) is 5.39. The summed E-state index contributed by atoms with van der Waals surface area (Å²) in [5, 5.41) is 2.51. The Morgan fingerprint density at radius 3 is 1.69 bits per heavy atom. The van der Waals surface area contributed by atoms with Crippen molar-refractivity contribution >= 4 is 56.8 Å². The second-order valence-electron chi connectivity index (χ2n) is 3.62. The van der Waals surface area contributed by atoms with Gasteiger partial charge in [0, 0.05) is 20.6 Å². The minimum Gasteiger partial charge on any atom is -0.249 e. The third kappa shape index (κ3) is 1.06. The van der Waals surface area contributed by atoms with Crippen LogP contribution >= 0.6 is 23.5 Å². The van der Waals surface area contributed by atoms with E-state index in [1.807, 2.05) is 11.1 Å². The lowest BCUT2D eigenvalue weighted by Gasteiger charge is -2.17. The van der Waals surface area contributed by atoms with Crippen molar-refractivity contribution in [3.8, 4) is 0 Å². The molecule has 0 amide bonds. The van der Waals surface area contributed by atoms with Crippen molar-refractivity contribution in [2.24, 2.45) is 9.98 Å². The van der Waals surface area contributed by atoms with E-state index in [4.69, 9.17) is 0 Å². The van der Waals surface area contributed by atoms with E-state index in [9.17, 15) is 0 Å². The van der Waals surface area contributed by atoms with Crippen LogP contribution in [-0.2, 0) is 0 Å². The van der Waals surface area contributed by atoms with Gasteiger partial charge in [0.2, 0.25) is 0 Å². The summed E-state index contributed by atoms with van der Waals surface area (Å²) in [5.41, 5.74) is 5.93. The molecule has 2 aliphatic heterocycles. The van der Waals surface area contributed by atoms with Crippen molar-refractivity contribution in [2.45, 2.75) is 9.79 Å². The minimum atomic E-state index is 1.06. The van der Waals surface area contributed by atoms with Crippen molar-refractivity contribution < 1.29 is 0 Å². The normalized spacial score (nSPS) is 15.8. The minimum absolute atomic E-state index is 1.06. The molecule has 0 N–H and O–H groups in total. The molecule has 2 nitrogen and oxygen atoms in total. The molecular formula is C12H6N2S2. The first kappa shape index (κ1) is 8.84. The molecule has 0 saturated heterocycles. The lowest BCUT2D eigenvalue weighted by Crippen LogP contribution is -1.90. The van der Waals surface area contributed by atoms with E-state index < -0.39 is 0 Å². The molecule has 4 rings (SSSR count). The third-order valence-electron chi connectivity index (χ3n) is 2.78. The Hall–Kier alpha value is -1.26. The first-order valence-corrected chi connectivity index (χ1v) is 6.67. The molecule has 0 saturated carbocycles. The maximum Gasteiger partial charge on any atom is 0.0727 e. The fraction of sp³-hybridized carbons (Fsp3) is 0. The largest absolute Gasteiger partial charge is 0.249 e. The van der Waals surface area contributed by atoms with Crippen LogP contribution < -0.4 is 0 Å². The van der Waals surface area contributed by atoms with Crippen LogP contribution in [0.3, 0.4) is 0 Å². The summed E-state index contributed by atoms with van der Waals surface area (Å²) in [6, 6.07) is 8.45. The molecule has 0 aromatic heterocycles. The zero-order chi connectivity index (χ0) is 10.5. The molecule has 2 heterocycles. The zero-order valence-corrected chi connectivity index (χ0v) is 9.81. The Balaban J connectivity index is 2.29. The van der Waals surface area contributed by atoms with Gasteiger partial charge in [0.15, 0.2) is 0 Å². The summed E-state index contributed by atoms with van der Waals surface area (Å²) >= 11 is 3.36. The first-order chi connectivity index (χ1) is 7.93. The van der Waals surface area contributed by atoms with Gasteiger partial charge in [-0.25, -0.2) is 9.98 Å². The quantitative estimate of drug-likeness (QED) is 0.685. The molecule has 0 aliphatic carbocycles. The van der Waals surface area contributed by atoms with Gasteiger partial charge in [0.25, 0.3) is 0 Å². The van der Waals surface area contributed by atoms with Crippen molar-refractivity contribution in [2.75, 3.05) is 0 Å². The molecule has 2 aliphatic rings. The van der Waals surface area contributed by atoms with Gasteiger partial charge in [0.05, 0.1) is 22.5 Å². The Morgan fingerprint density at radius 2 is 1.19 bits per heavy atom. The van der Waals surface area contributed by atoms with Gasteiger partial charge in [-0.2, -0.15) is 0 Å². The summed E-state index contributed by atoms with van der Waals surface area (Å²) in [4.78, 5) is 11.4. The van der Waals surface area contributed by atoms with Crippen molar-refractivity contribution in [1.29, 1.82) is 0 Å². The van der Waals surface area contributed by atoms with Gasteiger partial charge < -0.3 is 0 Å². The predicted molar refractivity (Wildman–Crippen MR) is 72.0 cm³/mol. The SMILES string of the molecule is C1=Nc2ccc3c4c(ccc(c24)S1)N=CS3. The van der Waals surface area contributed by atoms with E-state index in [-0.39, 0.29) is 0 Å². The summed E-state index contributed by atoms with van der Waals surface area (Å²) in [6.07, 6.45) is 0. The average Bonchev–Trinajstić information content (AvgIpc) is 2.36. The molecule has 2 aromatic rings. The van der Waals surface area contributed by atoms with Gasteiger partial charge in [0.1, 0.15) is 0 Å². The number of hydrogen-bond donors (Lipinski definition) is 0. The van der Waals surface area contributed by atoms with Crippen LogP contribution in [0.25, 0.3) is 10.8 Å². The number of hydrogen-bond acceptors (Lipinski definition) is 4. The topological polar surface area (TPSA) is 24.7 Å². The number of benzene rings is 2. The molecule has 0 atom stereocenters. The highest BCUT2D eigenvalue weighted by atomic mass is 32.2. The molecule has 2 aromatic carbocycles. The van der Waals surface area contributed by atoms with Gasteiger partial charge >= 0.3 is 0 Å². The molecule has 76 valence electrons. The van der Waals surface area contributed by atoms with E-state index in [1.54, 1.807) is 23.5 Å². The van der Waals surface area contributed by atoms with Crippen molar-refractivity contribution in [3.63, 3.8) is 0 Å². The number of thioether (sulfide) groups is 2. The fourth-order valence-electron chi connectivity index (χ4n) is 2.09. The van der Waals surface area contributed by atoms with Crippen LogP contribution in [0.1, 0.15) is 0 Å². The fourth-order valence-corrected chi connectivity index (χ4v) is 3.59. The third-order valence-corrected chi connectivity index (χ3v) is 4.39. The molecule has 0 bridgehead atoms. The average molecular weight is 242 g/mol. The van der Waals surface area contributed by atoms with Crippen LogP contribution in [0.5, 0.6) is 0 Å². The molecule has 0 spiro atoms. The molecule has 0 radical (unpaired) electrons. The molecule has 4 heteroatoms. The lowest BCUT2D eigenvalue weighted by molar-refractivity contribution is 1.41. The number of rotatable bonds is 0. The van der Waals surface area contributed by atoms with Gasteiger partial charge in [-0.1, -0.05) is 23.5 Å². The van der Waals surface area contributed by atoms with Crippen LogP contribution in [-0.4, -0.2) is 11.1 Å². The lowest BCUT2D eigenvalue weighted by atomic mass is 10.1. The van der Waals surface area contributed by atoms with Crippen LogP contribution in [0.4, 0.5) is 11.4 Å². The van der Waals surface area contributed by atoms with Gasteiger partial charge in [-0.3, -0.25) is 0 Å². The van der Waals surface area contributed by atoms with E-state index in [1.165, 1.54) is 20.6 Å². The first-order valence-electron chi connectivity index (χ1n) is 4.91. The summed E-state index contributed by atoms with van der Waals surface area (Å²) in [6.45, 7) is 0. The second kappa shape index (κ2) is 3.12. The maximum atomic E-state index is 4.43. The van der Waals surface area contributed by atoms with Crippen molar-refractivity contribution in [1.82, 2.24) is 0 Å². The Kier molecular flexibility index (Phi) is 1.72. The predicted octanol–water partition coefficient (Wildman–Crippen LogP) is 4.37. The highest BCUT2D eigenvalue weighted by Crippen LogP contribution is 2.47. The molecule has 16 heavy (non-hydrogen) atoms. The standard InChI is InChI=1S/C12H6N2S2/c1-3-9-12-8(14-6-15-9)2-4-10-11(12)7(1)13-5-16-10/h1-6H.